The van der Waals surface area contributed by atoms with E-state index >= 15 is 0 Å². The summed E-state index contributed by atoms with van der Waals surface area (Å²) in [7, 11) is 0. The number of rotatable bonds is 5. The van der Waals surface area contributed by atoms with E-state index in [4.69, 9.17) is 0 Å². The Morgan fingerprint density at radius 1 is 1.19 bits per heavy atom. The molecule has 0 unspecified atom stereocenters. The van der Waals surface area contributed by atoms with Crippen molar-refractivity contribution in [2.24, 2.45) is 23.7 Å². The van der Waals surface area contributed by atoms with Crippen molar-refractivity contribution in [3.8, 4) is 0 Å². The second kappa shape index (κ2) is 6.04. The Kier molecular flexibility index (Phi) is 4.13. The Morgan fingerprint density at radius 3 is 2.62 bits per heavy atom. The molecule has 3 rings (SSSR count). The lowest BCUT2D eigenvalue weighted by Crippen LogP contribution is -2.40. The zero-order valence-corrected chi connectivity index (χ0v) is 12.3. The van der Waals surface area contributed by atoms with Crippen LogP contribution in [0, 0.1) is 23.7 Å². The Hall–Kier alpha value is -1.58. The minimum Gasteiger partial charge on any atom is -0.481 e. The third-order valence-corrected chi connectivity index (χ3v) is 5.18. The van der Waals surface area contributed by atoms with Crippen molar-refractivity contribution in [2.45, 2.75) is 38.5 Å². The number of carbonyl (C=O) groups excluding carboxylic acids is 1. The van der Waals surface area contributed by atoms with E-state index in [1.807, 2.05) is 12.2 Å². The fourth-order valence-corrected chi connectivity index (χ4v) is 4.11. The van der Waals surface area contributed by atoms with Gasteiger partial charge in [0, 0.05) is 6.54 Å². The van der Waals surface area contributed by atoms with Gasteiger partial charge in [0.15, 0.2) is 0 Å². The molecule has 1 amide bonds. The van der Waals surface area contributed by atoms with Gasteiger partial charge in [0.25, 0.3) is 0 Å². The van der Waals surface area contributed by atoms with Crippen LogP contribution >= 0.6 is 0 Å². The molecule has 21 heavy (non-hydrogen) atoms. The predicted molar refractivity (Wildman–Crippen MR) is 79.5 cm³/mol. The number of carboxylic acids is 1. The van der Waals surface area contributed by atoms with E-state index in [0.29, 0.717) is 6.54 Å². The number of hydrogen-bond acceptors (Lipinski definition) is 2. The summed E-state index contributed by atoms with van der Waals surface area (Å²) in [6.45, 7) is 0.634. The number of amides is 1. The van der Waals surface area contributed by atoms with Gasteiger partial charge in [-0.2, -0.15) is 0 Å². The second-order valence-electron chi connectivity index (χ2n) is 6.49. The van der Waals surface area contributed by atoms with E-state index in [1.165, 1.54) is 18.4 Å². The summed E-state index contributed by atoms with van der Waals surface area (Å²) in [6.07, 6.45) is 12.8. The minimum atomic E-state index is -0.831. The number of nitrogens with one attached hydrogen (secondary N) is 1. The van der Waals surface area contributed by atoms with Gasteiger partial charge < -0.3 is 10.4 Å². The van der Waals surface area contributed by atoms with Crippen molar-refractivity contribution in [1.82, 2.24) is 5.32 Å². The molecule has 4 atom stereocenters. The van der Waals surface area contributed by atoms with Gasteiger partial charge in [-0.25, -0.2) is 0 Å². The van der Waals surface area contributed by atoms with Crippen LogP contribution in [0.1, 0.15) is 38.5 Å². The summed E-state index contributed by atoms with van der Waals surface area (Å²) in [5.41, 5.74) is 1.43. The van der Waals surface area contributed by atoms with Crippen molar-refractivity contribution in [3.05, 3.63) is 23.8 Å². The molecule has 0 aromatic carbocycles. The van der Waals surface area contributed by atoms with Gasteiger partial charge in [-0.3, -0.25) is 9.59 Å². The van der Waals surface area contributed by atoms with Crippen LogP contribution in [0.3, 0.4) is 0 Å². The largest absolute Gasteiger partial charge is 0.481 e. The number of aliphatic carboxylic acids is 1. The maximum absolute atomic E-state index is 12.4. The SMILES string of the molecule is O=C(NCCC1=CCCCC1)[C@@H]1[C@@H](C(=O)O)[C@H]2C=C[C@@H]1C2. The van der Waals surface area contributed by atoms with Gasteiger partial charge in [-0.15, -0.1) is 0 Å². The van der Waals surface area contributed by atoms with E-state index in [9.17, 15) is 14.7 Å². The molecule has 4 nitrogen and oxygen atoms in total. The number of carbonyl (C=O) groups is 2. The molecule has 1 saturated carbocycles. The molecule has 1 fully saturated rings. The average molecular weight is 289 g/mol. The molecule has 0 spiro atoms. The van der Waals surface area contributed by atoms with Crippen LogP contribution in [-0.2, 0) is 9.59 Å². The summed E-state index contributed by atoms with van der Waals surface area (Å²) in [4.78, 5) is 23.8. The molecule has 0 radical (unpaired) electrons. The third-order valence-electron chi connectivity index (χ3n) is 5.18. The quantitative estimate of drug-likeness (QED) is 0.764. The zero-order valence-electron chi connectivity index (χ0n) is 12.3. The Labute approximate surface area is 125 Å². The van der Waals surface area contributed by atoms with Crippen LogP contribution < -0.4 is 5.32 Å². The lowest BCUT2D eigenvalue weighted by Gasteiger charge is -2.24. The summed E-state index contributed by atoms with van der Waals surface area (Å²) < 4.78 is 0. The number of carboxylic acid groups (broad SMARTS) is 1. The number of hydrogen-bond donors (Lipinski definition) is 2. The van der Waals surface area contributed by atoms with Crippen LogP contribution in [0.4, 0.5) is 0 Å². The van der Waals surface area contributed by atoms with Gasteiger partial charge in [-0.1, -0.05) is 23.8 Å². The van der Waals surface area contributed by atoms with Crippen LogP contribution in [0.25, 0.3) is 0 Å². The van der Waals surface area contributed by atoms with E-state index < -0.39 is 11.9 Å². The van der Waals surface area contributed by atoms with Gasteiger partial charge in [-0.05, 0) is 50.4 Å². The van der Waals surface area contributed by atoms with E-state index in [-0.39, 0.29) is 23.7 Å². The first-order valence-electron chi connectivity index (χ1n) is 8.03. The van der Waals surface area contributed by atoms with E-state index in [2.05, 4.69) is 11.4 Å². The smallest absolute Gasteiger partial charge is 0.307 e. The average Bonchev–Trinajstić information content (AvgIpc) is 3.08. The second-order valence-corrected chi connectivity index (χ2v) is 6.49. The van der Waals surface area contributed by atoms with Crippen LogP contribution in [0.2, 0.25) is 0 Å². The molecule has 2 bridgehead atoms. The normalized spacial score (nSPS) is 33.8. The molecule has 0 heterocycles. The number of allylic oxidation sites excluding steroid dienone is 3. The topological polar surface area (TPSA) is 66.4 Å². The Balaban J connectivity index is 1.54. The lowest BCUT2D eigenvalue weighted by atomic mass is 9.82. The fraction of sp³-hybridized carbons (Fsp3) is 0.647. The maximum atomic E-state index is 12.4. The summed E-state index contributed by atoms with van der Waals surface area (Å²) >= 11 is 0. The highest BCUT2D eigenvalue weighted by Crippen LogP contribution is 2.48. The van der Waals surface area contributed by atoms with Crippen LogP contribution in [0.15, 0.2) is 23.8 Å². The highest BCUT2D eigenvalue weighted by molar-refractivity contribution is 5.86. The maximum Gasteiger partial charge on any atom is 0.307 e. The molecular weight excluding hydrogens is 266 g/mol. The molecule has 4 heteroatoms. The Morgan fingerprint density at radius 2 is 1.95 bits per heavy atom. The lowest BCUT2D eigenvalue weighted by molar-refractivity contribution is -0.147. The summed E-state index contributed by atoms with van der Waals surface area (Å²) in [5, 5.41) is 12.3. The highest BCUT2D eigenvalue weighted by atomic mass is 16.4. The fourth-order valence-electron chi connectivity index (χ4n) is 4.11. The first-order chi connectivity index (χ1) is 10.2. The molecule has 3 aliphatic rings. The van der Waals surface area contributed by atoms with Crippen molar-refractivity contribution in [3.63, 3.8) is 0 Å². The van der Waals surface area contributed by atoms with Crippen molar-refractivity contribution in [1.29, 1.82) is 0 Å². The zero-order chi connectivity index (χ0) is 14.8. The van der Waals surface area contributed by atoms with Crippen molar-refractivity contribution < 1.29 is 14.7 Å². The standard InChI is InChI=1S/C17H23NO3/c19-16(18-9-8-11-4-2-1-3-5-11)14-12-6-7-13(10-12)15(14)17(20)21/h4,6-7,12-15H,1-3,5,8-10H2,(H,18,19)(H,20,21)/t12-,13+,14+,15+/m1/s1. The summed E-state index contributed by atoms with van der Waals surface area (Å²) in [5.74, 6) is -1.65. The van der Waals surface area contributed by atoms with Gasteiger partial charge in [0.2, 0.25) is 5.91 Å². The first kappa shape index (κ1) is 14.4. The third kappa shape index (κ3) is 2.89. The molecule has 0 saturated heterocycles. The van der Waals surface area contributed by atoms with Gasteiger partial charge in [0.05, 0.1) is 11.8 Å². The summed E-state index contributed by atoms with van der Waals surface area (Å²) in [6, 6.07) is 0. The molecular formula is C17H23NO3. The molecule has 114 valence electrons. The molecule has 0 aromatic heterocycles. The predicted octanol–water partition coefficient (Wildman–Crippen LogP) is 2.52. The van der Waals surface area contributed by atoms with Crippen LogP contribution in [0.5, 0.6) is 0 Å². The minimum absolute atomic E-state index is 0.0457. The van der Waals surface area contributed by atoms with Crippen molar-refractivity contribution in [2.75, 3.05) is 6.54 Å². The van der Waals surface area contributed by atoms with Crippen LogP contribution in [-0.4, -0.2) is 23.5 Å². The number of fused-ring (bicyclic) bond motifs is 2. The molecule has 0 aromatic rings. The molecule has 2 N–H and O–H groups in total. The van der Waals surface area contributed by atoms with E-state index in [0.717, 1.165) is 25.7 Å². The highest BCUT2D eigenvalue weighted by Gasteiger charge is 2.51. The Bertz CT molecular complexity index is 494. The van der Waals surface area contributed by atoms with E-state index in [1.54, 1.807) is 0 Å². The van der Waals surface area contributed by atoms with Gasteiger partial charge >= 0.3 is 5.97 Å². The monoisotopic (exact) mass is 289 g/mol. The molecule has 0 aliphatic heterocycles. The van der Waals surface area contributed by atoms with Crippen molar-refractivity contribution >= 4 is 11.9 Å². The molecule has 3 aliphatic carbocycles. The van der Waals surface area contributed by atoms with Gasteiger partial charge in [0.1, 0.15) is 0 Å². The first-order valence-corrected chi connectivity index (χ1v) is 8.03.